The molecule has 6 aromatic rings. The third-order valence-electron chi connectivity index (χ3n) is 6.66. The molecule has 2 aromatic heterocycles. The Morgan fingerprint density at radius 3 is 2.19 bits per heavy atom. The Balaban J connectivity index is 1.58. The Labute approximate surface area is 215 Å². The standard InChI is InChI=1S/C33H28N2O/c1-21-13-18-26(28-19-29(33(2,3)4)35-20-34-28)32-30(21)27-12-8-11-25(31(27)36-32)24-16-14-23(15-17-24)22-9-6-5-7-10-22/h5-20H,1-4H3/i1D3. The number of nitrogens with zero attached hydrogens (tertiary/aromatic N) is 2. The molecule has 0 aliphatic rings. The van der Waals surface area contributed by atoms with Gasteiger partial charge in [0.1, 0.15) is 17.5 Å². The zero-order valence-electron chi connectivity index (χ0n) is 23.5. The number of hydrogen-bond acceptors (Lipinski definition) is 3. The maximum Gasteiger partial charge on any atom is 0.145 e. The average molecular weight is 472 g/mol. The van der Waals surface area contributed by atoms with Gasteiger partial charge >= 0.3 is 0 Å². The van der Waals surface area contributed by atoms with E-state index in [9.17, 15) is 0 Å². The van der Waals surface area contributed by atoms with E-state index < -0.39 is 6.85 Å². The molecular weight excluding hydrogens is 440 g/mol. The second-order valence-electron chi connectivity index (χ2n) is 10.1. The van der Waals surface area contributed by atoms with Crippen LogP contribution in [0.3, 0.4) is 0 Å². The monoisotopic (exact) mass is 471 g/mol. The second-order valence-corrected chi connectivity index (χ2v) is 10.1. The lowest BCUT2D eigenvalue weighted by atomic mass is 9.91. The van der Waals surface area contributed by atoms with Gasteiger partial charge in [0.05, 0.1) is 5.69 Å². The van der Waals surface area contributed by atoms with Crippen molar-refractivity contribution in [3.05, 3.63) is 109 Å². The van der Waals surface area contributed by atoms with Crippen LogP contribution in [0.15, 0.2) is 102 Å². The van der Waals surface area contributed by atoms with Crippen LogP contribution in [0.1, 0.15) is 36.1 Å². The lowest BCUT2D eigenvalue weighted by Crippen LogP contribution is -2.13. The largest absolute Gasteiger partial charge is 0.455 e. The molecular formula is C33H28N2O. The summed E-state index contributed by atoms with van der Waals surface area (Å²) in [7, 11) is 0. The first-order valence-corrected chi connectivity index (χ1v) is 12.1. The summed E-state index contributed by atoms with van der Waals surface area (Å²) in [4.78, 5) is 9.01. The van der Waals surface area contributed by atoms with Crippen LogP contribution in [0, 0.1) is 6.85 Å². The molecule has 176 valence electrons. The van der Waals surface area contributed by atoms with Crippen LogP contribution in [-0.4, -0.2) is 9.97 Å². The Hall–Kier alpha value is -4.24. The van der Waals surface area contributed by atoms with E-state index >= 15 is 0 Å². The minimum atomic E-state index is -2.30. The predicted molar refractivity (Wildman–Crippen MR) is 149 cm³/mol. The maximum atomic E-state index is 8.25. The molecule has 3 nitrogen and oxygen atoms in total. The number of aromatic nitrogens is 2. The van der Waals surface area contributed by atoms with Crippen molar-refractivity contribution in [1.82, 2.24) is 9.97 Å². The number of furan rings is 1. The van der Waals surface area contributed by atoms with Gasteiger partial charge < -0.3 is 4.42 Å². The average Bonchev–Trinajstić information content (AvgIpc) is 3.32. The van der Waals surface area contributed by atoms with Gasteiger partial charge in [-0.1, -0.05) is 99.6 Å². The molecule has 0 saturated carbocycles. The topological polar surface area (TPSA) is 38.9 Å². The van der Waals surface area contributed by atoms with Crippen LogP contribution >= 0.6 is 0 Å². The highest BCUT2D eigenvalue weighted by Gasteiger charge is 2.20. The van der Waals surface area contributed by atoms with E-state index in [1.54, 1.807) is 18.5 Å². The van der Waals surface area contributed by atoms with Gasteiger partial charge in [-0.2, -0.15) is 0 Å². The molecule has 0 atom stereocenters. The zero-order valence-corrected chi connectivity index (χ0v) is 20.5. The van der Waals surface area contributed by atoms with Crippen molar-refractivity contribution < 1.29 is 8.53 Å². The summed E-state index contributed by atoms with van der Waals surface area (Å²) in [5.74, 6) is 0. The van der Waals surface area contributed by atoms with Crippen LogP contribution in [0.5, 0.6) is 0 Å². The molecule has 4 aromatic carbocycles. The van der Waals surface area contributed by atoms with Gasteiger partial charge in [-0.25, -0.2) is 9.97 Å². The van der Waals surface area contributed by atoms with Crippen molar-refractivity contribution in [2.45, 2.75) is 33.0 Å². The molecule has 0 N–H and O–H groups in total. The SMILES string of the molecule is [2H]C([2H])([2H])c1ccc(-c2cc(C(C)(C)C)ncn2)c2oc3c(-c4ccc(-c5ccccc5)cc4)cccc3c12. The number of benzene rings is 4. The van der Waals surface area contributed by atoms with Gasteiger partial charge in [-0.15, -0.1) is 0 Å². The summed E-state index contributed by atoms with van der Waals surface area (Å²) in [6, 6.07) is 29.9. The summed E-state index contributed by atoms with van der Waals surface area (Å²) in [6.07, 6.45) is 1.56. The molecule has 6 rings (SSSR count). The highest BCUT2D eigenvalue weighted by molar-refractivity contribution is 6.14. The van der Waals surface area contributed by atoms with Crippen molar-refractivity contribution in [1.29, 1.82) is 0 Å². The molecule has 0 unspecified atom stereocenters. The zero-order chi connectivity index (χ0) is 27.4. The maximum absolute atomic E-state index is 8.25. The van der Waals surface area contributed by atoms with E-state index in [2.05, 4.69) is 67.1 Å². The number of para-hydroxylation sites is 1. The fourth-order valence-corrected chi connectivity index (χ4v) is 4.72. The molecule has 0 radical (unpaired) electrons. The summed E-state index contributed by atoms with van der Waals surface area (Å²) < 4.78 is 31.3. The number of fused-ring (bicyclic) bond motifs is 3. The number of hydrogen-bond donors (Lipinski definition) is 0. The van der Waals surface area contributed by atoms with E-state index in [1.807, 2.05) is 42.5 Å². The van der Waals surface area contributed by atoms with Crippen LogP contribution in [0.4, 0.5) is 0 Å². The normalized spacial score (nSPS) is 13.5. The van der Waals surface area contributed by atoms with E-state index in [-0.39, 0.29) is 11.0 Å². The third-order valence-corrected chi connectivity index (χ3v) is 6.66. The highest BCUT2D eigenvalue weighted by atomic mass is 16.3. The van der Waals surface area contributed by atoms with E-state index in [1.165, 1.54) is 0 Å². The van der Waals surface area contributed by atoms with Crippen LogP contribution in [-0.2, 0) is 5.41 Å². The van der Waals surface area contributed by atoms with Gasteiger partial charge in [0.15, 0.2) is 0 Å². The van der Waals surface area contributed by atoms with Crippen molar-refractivity contribution >= 4 is 21.9 Å². The van der Waals surface area contributed by atoms with E-state index in [0.717, 1.165) is 38.9 Å². The van der Waals surface area contributed by atoms with Crippen molar-refractivity contribution in [2.75, 3.05) is 0 Å². The predicted octanol–water partition coefficient (Wildman–Crippen LogP) is 8.98. The van der Waals surface area contributed by atoms with E-state index in [4.69, 9.17) is 8.53 Å². The fraction of sp³-hybridized carbons (Fsp3) is 0.152. The van der Waals surface area contributed by atoms with E-state index in [0.29, 0.717) is 22.2 Å². The van der Waals surface area contributed by atoms with Gasteiger partial charge in [-0.05, 0) is 41.2 Å². The Bertz CT molecular complexity index is 1810. The minimum Gasteiger partial charge on any atom is -0.455 e. The molecule has 0 fully saturated rings. The lowest BCUT2D eigenvalue weighted by molar-refractivity contribution is 0.567. The molecule has 36 heavy (non-hydrogen) atoms. The molecule has 0 amide bonds. The smallest absolute Gasteiger partial charge is 0.145 e. The Morgan fingerprint density at radius 1 is 0.694 bits per heavy atom. The fourth-order valence-electron chi connectivity index (χ4n) is 4.72. The quantitative estimate of drug-likeness (QED) is 0.258. The van der Waals surface area contributed by atoms with Gasteiger partial charge in [-0.3, -0.25) is 0 Å². The third kappa shape index (κ3) is 3.77. The first-order valence-electron chi connectivity index (χ1n) is 13.6. The molecule has 0 bridgehead atoms. The van der Waals surface area contributed by atoms with Gasteiger partial charge in [0, 0.05) is 37.1 Å². The molecule has 0 saturated heterocycles. The van der Waals surface area contributed by atoms with Crippen LogP contribution < -0.4 is 0 Å². The second kappa shape index (κ2) is 8.46. The van der Waals surface area contributed by atoms with Crippen molar-refractivity contribution in [3.63, 3.8) is 0 Å². The van der Waals surface area contributed by atoms with Gasteiger partial charge in [0.25, 0.3) is 0 Å². The van der Waals surface area contributed by atoms with Crippen LogP contribution in [0.25, 0.3) is 55.4 Å². The summed E-state index contributed by atoms with van der Waals surface area (Å²) in [5, 5.41) is 1.37. The summed E-state index contributed by atoms with van der Waals surface area (Å²) >= 11 is 0. The van der Waals surface area contributed by atoms with Gasteiger partial charge in [0.2, 0.25) is 0 Å². The summed E-state index contributed by atoms with van der Waals surface area (Å²) in [5.41, 5.74) is 7.79. The number of rotatable bonds is 3. The molecule has 0 spiro atoms. The molecule has 0 aliphatic carbocycles. The highest BCUT2D eigenvalue weighted by Crippen LogP contribution is 2.41. The Kier molecular flexibility index (Phi) is 4.47. The first kappa shape index (κ1) is 19.0. The molecule has 2 heterocycles. The van der Waals surface area contributed by atoms with Crippen LogP contribution in [0.2, 0.25) is 0 Å². The lowest BCUT2D eigenvalue weighted by Gasteiger charge is -2.17. The molecule has 3 heteroatoms. The number of aryl methyl sites for hydroxylation is 1. The first-order chi connectivity index (χ1) is 18.6. The summed E-state index contributed by atoms with van der Waals surface area (Å²) in [6.45, 7) is 4.00. The van der Waals surface area contributed by atoms with Crippen molar-refractivity contribution in [3.8, 4) is 33.5 Å². The minimum absolute atomic E-state index is 0.164. The Morgan fingerprint density at radius 2 is 1.44 bits per heavy atom. The molecule has 0 aliphatic heterocycles. The van der Waals surface area contributed by atoms with Crippen molar-refractivity contribution in [2.24, 2.45) is 0 Å².